The molecule has 2 aromatic rings. The Bertz CT molecular complexity index is 811. The van der Waals surface area contributed by atoms with Crippen LogP contribution in [0.1, 0.15) is 18.4 Å². The Kier molecular flexibility index (Phi) is 3.76. The summed E-state index contributed by atoms with van der Waals surface area (Å²) in [5, 5.41) is 10.3. The molecule has 0 aliphatic carbocycles. The van der Waals surface area contributed by atoms with Crippen molar-refractivity contribution in [1.29, 1.82) is 0 Å². The number of carbonyl (C=O) groups excluding carboxylic acids is 2. The van der Waals surface area contributed by atoms with Crippen LogP contribution in [0.15, 0.2) is 36.7 Å². The van der Waals surface area contributed by atoms with Crippen molar-refractivity contribution in [3.63, 3.8) is 0 Å². The molecule has 130 valence electrons. The third-order valence-electron chi connectivity index (χ3n) is 4.77. The van der Waals surface area contributed by atoms with Crippen molar-refractivity contribution in [3.8, 4) is 5.69 Å². The predicted molar refractivity (Wildman–Crippen MR) is 87.4 cm³/mol. The number of amides is 3. The van der Waals surface area contributed by atoms with Gasteiger partial charge in [-0.2, -0.15) is 5.10 Å². The maximum atomic E-state index is 13.0. The second kappa shape index (κ2) is 5.96. The summed E-state index contributed by atoms with van der Waals surface area (Å²) in [5.41, 5.74) is 0.674. The fourth-order valence-corrected chi connectivity index (χ4v) is 3.37. The third kappa shape index (κ3) is 2.78. The van der Waals surface area contributed by atoms with E-state index in [9.17, 15) is 14.0 Å². The summed E-state index contributed by atoms with van der Waals surface area (Å²) in [7, 11) is 0. The number of halogens is 1. The van der Waals surface area contributed by atoms with Crippen LogP contribution in [0.2, 0.25) is 0 Å². The Hall–Kier alpha value is -2.74. The number of benzene rings is 1. The summed E-state index contributed by atoms with van der Waals surface area (Å²) < 4.78 is 14.6. The van der Waals surface area contributed by atoms with Gasteiger partial charge in [0.25, 0.3) is 5.91 Å². The number of imide groups is 1. The summed E-state index contributed by atoms with van der Waals surface area (Å²) in [6.45, 7) is 1.59. The average Bonchev–Trinajstić information content (AvgIpc) is 3.16. The number of nitrogens with zero attached hydrogens (tertiary/aromatic N) is 3. The van der Waals surface area contributed by atoms with Crippen LogP contribution in [-0.4, -0.2) is 45.2 Å². The van der Waals surface area contributed by atoms with Crippen molar-refractivity contribution in [2.75, 3.05) is 13.1 Å². The summed E-state index contributed by atoms with van der Waals surface area (Å²) in [5.74, 6) is -0.490. The van der Waals surface area contributed by atoms with Gasteiger partial charge in [0.2, 0.25) is 0 Å². The van der Waals surface area contributed by atoms with E-state index in [1.807, 2.05) is 0 Å². The van der Waals surface area contributed by atoms with Gasteiger partial charge >= 0.3 is 6.03 Å². The van der Waals surface area contributed by atoms with E-state index in [-0.39, 0.29) is 24.3 Å². The van der Waals surface area contributed by atoms with E-state index in [1.165, 1.54) is 17.0 Å². The van der Waals surface area contributed by atoms with Crippen LogP contribution < -0.4 is 10.6 Å². The maximum Gasteiger partial charge on any atom is 0.325 e. The van der Waals surface area contributed by atoms with Crippen LogP contribution in [0.25, 0.3) is 5.69 Å². The summed E-state index contributed by atoms with van der Waals surface area (Å²) in [4.78, 5) is 26.3. The van der Waals surface area contributed by atoms with E-state index in [4.69, 9.17) is 0 Å². The smallest absolute Gasteiger partial charge is 0.323 e. The fourth-order valence-electron chi connectivity index (χ4n) is 3.37. The van der Waals surface area contributed by atoms with Gasteiger partial charge in [-0.05, 0) is 50.2 Å². The number of piperidine rings is 1. The first-order valence-corrected chi connectivity index (χ1v) is 8.22. The lowest BCUT2D eigenvalue weighted by atomic mass is 9.88. The van der Waals surface area contributed by atoms with Crippen LogP contribution in [-0.2, 0) is 11.3 Å². The van der Waals surface area contributed by atoms with E-state index in [0.29, 0.717) is 31.6 Å². The van der Waals surface area contributed by atoms with Crippen molar-refractivity contribution in [3.05, 3.63) is 48.0 Å². The maximum absolute atomic E-state index is 13.0. The van der Waals surface area contributed by atoms with Crippen molar-refractivity contribution < 1.29 is 14.0 Å². The monoisotopic (exact) mass is 343 g/mol. The molecule has 1 aromatic carbocycles. The van der Waals surface area contributed by atoms with Gasteiger partial charge in [-0.15, -0.1) is 0 Å². The second-order valence-corrected chi connectivity index (χ2v) is 6.42. The lowest BCUT2D eigenvalue weighted by Gasteiger charge is -2.31. The molecule has 1 aromatic heterocycles. The second-order valence-electron chi connectivity index (χ2n) is 6.42. The van der Waals surface area contributed by atoms with E-state index in [1.54, 1.807) is 29.2 Å². The minimum Gasteiger partial charge on any atom is -0.323 e. The Labute approximate surface area is 143 Å². The zero-order valence-corrected chi connectivity index (χ0v) is 13.5. The van der Waals surface area contributed by atoms with Crippen molar-refractivity contribution in [1.82, 2.24) is 25.3 Å². The first kappa shape index (κ1) is 15.8. The molecule has 0 saturated carbocycles. The van der Waals surface area contributed by atoms with E-state index in [2.05, 4.69) is 15.7 Å². The van der Waals surface area contributed by atoms with E-state index in [0.717, 1.165) is 5.56 Å². The van der Waals surface area contributed by atoms with Gasteiger partial charge in [-0.1, -0.05) is 0 Å². The molecule has 8 heteroatoms. The number of urea groups is 1. The number of hydrogen-bond donors (Lipinski definition) is 2. The number of carbonyl (C=O) groups is 2. The number of hydrogen-bond acceptors (Lipinski definition) is 4. The van der Waals surface area contributed by atoms with Crippen molar-refractivity contribution >= 4 is 11.9 Å². The van der Waals surface area contributed by atoms with Crippen molar-refractivity contribution in [2.24, 2.45) is 0 Å². The first-order valence-electron chi connectivity index (χ1n) is 8.22. The van der Waals surface area contributed by atoms with Crippen LogP contribution in [0.5, 0.6) is 0 Å². The highest BCUT2D eigenvalue weighted by molar-refractivity contribution is 6.07. The minimum absolute atomic E-state index is 0.168. The van der Waals surface area contributed by atoms with E-state index >= 15 is 0 Å². The molecule has 2 fully saturated rings. The summed E-state index contributed by atoms with van der Waals surface area (Å²) in [6, 6.07) is 5.58. The Morgan fingerprint density at radius 3 is 2.60 bits per heavy atom. The standard InChI is InChI=1S/C17H18FN5O2/c18-13-1-3-14(4-2-13)23-11-12(9-20-23)10-22-15(24)17(21-16(22)25)5-7-19-8-6-17/h1-4,9,11,19H,5-8,10H2,(H,21,25). The van der Waals surface area contributed by atoms with Crippen LogP contribution in [0.3, 0.4) is 0 Å². The topological polar surface area (TPSA) is 79.3 Å². The molecule has 0 bridgehead atoms. The average molecular weight is 343 g/mol. The third-order valence-corrected chi connectivity index (χ3v) is 4.77. The molecule has 0 unspecified atom stereocenters. The predicted octanol–water partition coefficient (Wildman–Crippen LogP) is 1.19. The molecule has 7 nitrogen and oxygen atoms in total. The zero-order valence-electron chi connectivity index (χ0n) is 13.5. The number of rotatable bonds is 3. The summed E-state index contributed by atoms with van der Waals surface area (Å²) >= 11 is 0. The van der Waals surface area contributed by atoms with E-state index < -0.39 is 5.54 Å². The molecule has 2 aliphatic rings. The normalized spacial score (nSPS) is 19.5. The van der Waals surface area contributed by atoms with Gasteiger partial charge < -0.3 is 10.6 Å². The van der Waals surface area contributed by atoms with Gasteiger partial charge in [0.1, 0.15) is 11.4 Å². The van der Waals surface area contributed by atoms with Crippen molar-refractivity contribution in [2.45, 2.75) is 24.9 Å². The highest BCUT2D eigenvalue weighted by Crippen LogP contribution is 2.28. The lowest BCUT2D eigenvalue weighted by Crippen LogP contribution is -2.53. The molecule has 1 spiro atoms. The molecule has 0 atom stereocenters. The van der Waals surface area contributed by atoms with Gasteiger partial charge in [0, 0.05) is 11.8 Å². The van der Waals surface area contributed by atoms with Gasteiger partial charge in [-0.25, -0.2) is 13.9 Å². The highest BCUT2D eigenvalue weighted by atomic mass is 19.1. The quantitative estimate of drug-likeness (QED) is 0.821. The van der Waals surface area contributed by atoms with Gasteiger partial charge in [-0.3, -0.25) is 9.69 Å². The van der Waals surface area contributed by atoms with Gasteiger partial charge in [0.15, 0.2) is 0 Å². The molecule has 2 N–H and O–H groups in total. The molecule has 3 heterocycles. The summed E-state index contributed by atoms with van der Waals surface area (Å²) in [6.07, 6.45) is 4.55. The number of aromatic nitrogens is 2. The van der Waals surface area contributed by atoms with Gasteiger partial charge in [0.05, 0.1) is 18.4 Å². The molecule has 2 aliphatic heterocycles. The van der Waals surface area contributed by atoms with Crippen LogP contribution in [0.4, 0.5) is 9.18 Å². The molecule has 4 rings (SSSR count). The van der Waals surface area contributed by atoms with Crippen LogP contribution >= 0.6 is 0 Å². The fraction of sp³-hybridized carbons (Fsp3) is 0.353. The largest absolute Gasteiger partial charge is 0.325 e. The molecule has 0 radical (unpaired) electrons. The lowest BCUT2D eigenvalue weighted by molar-refractivity contribution is -0.132. The molecule has 2 saturated heterocycles. The SMILES string of the molecule is O=C1NC2(CCNCC2)C(=O)N1Cc1cnn(-c2ccc(F)cc2)c1. The molecular formula is C17H18FN5O2. The number of nitrogens with one attached hydrogen (secondary N) is 2. The molecule has 3 amide bonds. The molecular weight excluding hydrogens is 325 g/mol. The zero-order chi connectivity index (χ0) is 17.4. The Morgan fingerprint density at radius 1 is 1.16 bits per heavy atom. The minimum atomic E-state index is -0.769. The highest BCUT2D eigenvalue weighted by Gasteiger charge is 2.51. The molecule has 25 heavy (non-hydrogen) atoms. The first-order chi connectivity index (χ1) is 12.1. The Morgan fingerprint density at radius 2 is 1.88 bits per heavy atom. The van der Waals surface area contributed by atoms with Crippen LogP contribution in [0, 0.1) is 5.82 Å². The Balaban J connectivity index is 1.51.